The maximum Gasteiger partial charge on any atom is 0.316 e. The minimum Gasteiger partial charge on any atom is -0.465 e. The molecule has 2 fully saturated rings. The molecule has 0 spiro atoms. The zero-order valence-corrected chi connectivity index (χ0v) is 16.2. The summed E-state index contributed by atoms with van der Waals surface area (Å²) in [5.41, 5.74) is 7.41. The fourth-order valence-corrected chi connectivity index (χ4v) is 3.78. The third-order valence-corrected chi connectivity index (χ3v) is 5.33. The molecule has 1 aliphatic heterocycles. The number of ether oxygens (including phenoxy) is 2. The van der Waals surface area contributed by atoms with Crippen molar-refractivity contribution in [2.45, 2.75) is 57.9 Å². The van der Waals surface area contributed by atoms with Crippen LogP contribution in [0.25, 0.3) is 0 Å². The first-order valence-corrected chi connectivity index (χ1v) is 9.75. The topological polar surface area (TPSA) is 77.7 Å². The van der Waals surface area contributed by atoms with Crippen LogP contribution < -0.4 is 10.6 Å². The largest absolute Gasteiger partial charge is 0.465 e. The number of pyridine rings is 1. The van der Waals surface area contributed by atoms with Crippen molar-refractivity contribution in [2.24, 2.45) is 5.92 Å². The molecule has 1 saturated heterocycles. The van der Waals surface area contributed by atoms with Crippen molar-refractivity contribution in [3.63, 3.8) is 0 Å². The molecule has 0 aromatic carbocycles. The number of anilines is 2. The fraction of sp³-hybridized carbons (Fsp3) is 0.700. The van der Waals surface area contributed by atoms with Gasteiger partial charge in [-0.1, -0.05) is 13.8 Å². The van der Waals surface area contributed by atoms with Crippen LogP contribution in [0, 0.1) is 5.92 Å². The van der Waals surface area contributed by atoms with E-state index in [4.69, 9.17) is 20.2 Å². The molecule has 6 nitrogen and oxygen atoms in total. The van der Waals surface area contributed by atoms with Gasteiger partial charge in [-0.2, -0.15) is 0 Å². The van der Waals surface area contributed by atoms with Gasteiger partial charge in [0.15, 0.2) is 5.82 Å². The molecule has 1 aromatic heterocycles. The third kappa shape index (κ3) is 3.80. The quantitative estimate of drug-likeness (QED) is 0.753. The zero-order valence-electron chi connectivity index (χ0n) is 16.2. The maximum absolute atomic E-state index is 12.3. The van der Waals surface area contributed by atoms with E-state index in [2.05, 4.69) is 18.7 Å². The van der Waals surface area contributed by atoms with Gasteiger partial charge in [0.05, 0.1) is 17.7 Å². The number of hydrogen-bond acceptors (Lipinski definition) is 6. The lowest BCUT2D eigenvalue weighted by Gasteiger charge is -2.37. The van der Waals surface area contributed by atoms with Crippen LogP contribution in [0.4, 0.5) is 11.5 Å². The van der Waals surface area contributed by atoms with Crippen LogP contribution in [0.5, 0.6) is 0 Å². The summed E-state index contributed by atoms with van der Waals surface area (Å²) in [7, 11) is 0. The van der Waals surface area contributed by atoms with Crippen LogP contribution in [0.2, 0.25) is 0 Å². The van der Waals surface area contributed by atoms with Gasteiger partial charge in [0.2, 0.25) is 0 Å². The summed E-state index contributed by atoms with van der Waals surface area (Å²) in [5, 5.41) is 0. The molecule has 1 aromatic rings. The summed E-state index contributed by atoms with van der Waals surface area (Å²) in [4.78, 5) is 19.4. The summed E-state index contributed by atoms with van der Waals surface area (Å²) in [6.07, 6.45) is 5.41. The summed E-state index contributed by atoms with van der Waals surface area (Å²) in [6.45, 7) is 9.11. The molecule has 1 aliphatic carbocycles. The van der Waals surface area contributed by atoms with E-state index in [1.165, 1.54) is 0 Å². The average Bonchev–Trinajstić information content (AvgIpc) is 3.43. The molecule has 6 heteroatoms. The van der Waals surface area contributed by atoms with Gasteiger partial charge in [0.25, 0.3) is 0 Å². The van der Waals surface area contributed by atoms with Crippen molar-refractivity contribution >= 4 is 17.5 Å². The Hall–Kier alpha value is -1.82. The molecule has 144 valence electrons. The highest BCUT2D eigenvalue weighted by molar-refractivity contribution is 5.87. The van der Waals surface area contributed by atoms with E-state index < -0.39 is 5.41 Å². The lowest BCUT2D eigenvalue weighted by Crippen LogP contribution is -2.42. The van der Waals surface area contributed by atoms with Gasteiger partial charge in [0, 0.05) is 32.0 Å². The molecule has 2 N–H and O–H groups in total. The second kappa shape index (κ2) is 7.82. The molecule has 0 radical (unpaired) electrons. The molecule has 1 saturated carbocycles. The van der Waals surface area contributed by atoms with Crippen LogP contribution in [-0.2, 0) is 19.7 Å². The Kier molecular flexibility index (Phi) is 5.70. The van der Waals surface area contributed by atoms with Gasteiger partial charge >= 0.3 is 5.97 Å². The van der Waals surface area contributed by atoms with Gasteiger partial charge < -0.3 is 20.1 Å². The summed E-state index contributed by atoms with van der Waals surface area (Å²) < 4.78 is 10.8. The molecular weight excluding hydrogens is 330 g/mol. The molecule has 26 heavy (non-hydrogen) atoms. The van der Waals surface area contributed by atoms with Crippen molar-refractivity contribution < 1.29 is 14.3 Å². The number of carbonyl (C=O) groups excluding carboxylic acids is 1. The van der Waals surface area contributed by atoms with E-state index in [0.29, 0.717) is 24.3 Å². The number of aromatic nitrogens is 1. The van der Waals surface area contributed by atoms with E-state index in [-0.39, 0.29) is 5.97 Å². The maximum atomic E-state index is 12.3. The van der Waals surface area contributed by atoms with Crippen molar-refractivity contribution in [3.8, 4) is 0 Å². The molecule has 0 atom stereocenters. The first kappa shape index (κ1) is 19.0. The molecule has 0 unspecified atom stereocenters. The second-order valence-corrected chi connectivity index (χ2v) is 7.83. The summed E-state index contributed by atoms with van der Waals surface area (Å²) in [6, 6.07) is 2.32. The number of carbonyl (C=O) groups is 1. The first-order chi connectivity index (χ1) is 12.5. The highest BCUT2D eigenvalue weighted by Gasteiger charge is 2.53. The minimum atomic E-state index is -0.531. The lowest BCUT2D eigenvalue weighted by atomic mass is 9.97. The Bertz CT molecular complexity index is 637. The van der Waals surface area contributed by atoms with Crippen LogP contribution >= 0.6 is 0 Å². The van der Waals surface area contributed by atoms with Crippen LogP contribution in [0.1, 0.15) is 52.0 Å². The SMILES string of the molecule is CCOC(=O)C1(c2cnc(N(CC(C)C)C3CCOCC3)c(N)c2)CC1. The van der Waals surface area contributed by atoms with Crippen molar-refractivity contribution in [1.82, 2.24) is 4.98 Å². The van der Waals surface area contributed by atoms with E-state index >= 15 is 0 Å². The van der Waals surface area contributed by atoms with Gasteiger partial charge in [-0.3, -0.25) is 4.79 Å². The van der Waals surface area contributed by atoms with Crippen LogP contribution in [0.15, 0.2) is 12.3 Å². The highest BCUT2D eigenvalue weighted by atomic mass is 16.5. The van der Waals surface area contributed by atoms with Crippen LogP contribution in [0.3, 0.4) is 0 Å². The number of rotatable bonds is 7. The predicted molar refractivity (Wildman–Crippen MR) is 102 cm³/mol. The Morgan fingerprint density at radius 2 is 2.12 bits per heavy atom. The van der Waals surface area contributed by atoms with E-state index in [1.54, 1.807) is 0 Å². The standard InChI is InChI=1S/C20H31N3O3/c1-4-26-19(24)20(7-8-20)15-11-17(21)18(22-12-15)23(13-14(2)3)16-5-9-25-10-6-16/h11-12,14,16H,4-10,13,21H2,1-3H3. The van der Waals surface area contributed by atoms with Crippen LogP contribution in [-0.4, -0.2) is 43.4 Å². The van der Waals surface area contributed by atoms with E-state index in [1.807, 2.05) is 19.2 Å². The predicted octanol–water partition coefficient (Wildman–Crippen LogP) is 2.90. The van der Waals surface area contributed by atoms with Crippen molar-refractivity contribution in [1.29, 1.82) is 0 Å². The second-order valence-electron chi connectivity index (χ2n) is 7.83. The van der Waals surface area contributed by atoms with E-state index in [9.17, 15) is 4.79 Å². The molecule has 0 bridgehead atoms. The summed E-state index contributed by atoms with van der Waals surface area (Å²) in [5.74, 6) is 1.18. The average molecular weight is 361 g/mol. The molecule has 2 aliphatic rings. The zero-order chi connectivity index (χ0) is 18.7. The Morgan fingerprint density at radius 3 is 2.65 bits per heavy atom. The van der Waals surface area contributed by atoms with Gasteiger partial charge in [-0.25, -0.2) is 4.98 Å². The number of nitrogens with two attached hydrogens (primary N) is 1. The molecule has 3 rings (SSSR count). The highest BCUT2D eigenvalue weighted by Crippen LogP contribution is 2.50. The molecule has 2 heterocycles. The van der Waals surface area contributed by atoms with E-state index in [0.717, 1.165) is 56.8 Å². The van der Waals surface area contributed by atoms with Gasteiger partial charge in [-0.05, 0) is 50.2 Å². The number of esters is 1. The third-order valence-electron chi connectivity index (χ3n) is 5.33. The Labute approximate surface area is 156 Å². The number of nitrogen functional groups attached to an aromatic ring is 1. The van der Waals surface area contributed by atoms with Crippen molar-refractivity contribution in [2.75, 3.05) is 37.0 Å². The molecular formula is C20H31N3O3. The minimum absolute atomic E-state index is 0.155. The lowest BCUT2D eigenvalue weighted by molar-refractivity contribution is -0.146. The monoisotopic (exact) mass is 361 g/mol. The number of nitrogens with zero attached hydrogens (tertiary/aromatic N) is 2. The van der Waals surface area contributed by atoms with Crippen molar-refractivity contribution in [3.05, 3.63) is 17.8 Å². The normalized spacial score (nSPS) is 19.4. The van der Waals surface area contributed by atoms with Gasteiger partial charge in [-0.15, -0.1) is 0 Å². The number of hydrogen-bond donors (Lipinski definition) is 1. The van der Waals surface area contributed by atoms with Gasteiger partial charge in [0.1, 0.15) is 0 Å². The fourth-order valence-electron chi connectivity index (χ4n) is 3.78. The first-order valence-electron chi connectivity index (χ1n) is 9.75. The summed E-state index contributed by atoms with van der Waals surface area (Å²) >= 11 is 0. The Balaban J connectivity index is 1.86. The Morgan fingerprint density at radius 1 is 1.42 bits per heavy atom. The smallest absolute Gasteiger partial charge is 0.316 e. The molecule has 0 amide bonds.